The van der Waals surface area contributed by atoms with E-state index in [1.807, 2.05) is 0 Å². The molecule has 0 aliphatic rings. The summed E-state index contributed by atoms with van der Waals surface area (Å²) in [4.78, 5) is -1.04. The standard InChI is InChI=1S/C12H10O7S2.2Na.2H/c13-20(14,15)11-7-3-1-5-9(11)19-10-6-2-4-8-12(10)21(16,17)18;;;;/h1-8H,(H,13,14,15)(H,16,17,18);;;;/q;2*+1;2*-1. The van der Waals surface area contributed by atoms with Crippen LogP contribution in [0, 0.1) is 0 Å². The molecule has 23 heavy (non-hydrogen) atoms. The first kappa shape index (κ1) is 23.1. The zero-order valence-corrected chi connectivity index (χ0v) is 18.0. The first-order chi connectivity index (χ1) is 9.69. The van der Waals surface area contributed by atoms with Gasteiger partial charge in [0, 0.05) is 0 Å². The van der Waals surface area contributed by atoms with Crippen molar-refractivity contribution in [1.82, 2.24) is 0 Å². The van der Waals surface area contributed by atoms with Gasteiger partial charge in [0.2, 0.25) is 0 Å². The molecule has 7 nitrogen and oxygen atoms in total. The van der Waals surface area contributed by atoms with E-state index in [1.54, 1.807) is 0 Å². The Kier molecular flexibility index (Phi) is 8.98. The van der Waals surface area contributed by atoms with Crippen LogP contribution >= 0.6 is 0 Å². The van der Waals surface area contributed by atoms with Gasteiger partial charge in [-0.15, -0.1) is 0 Å². The summed E-state index contributed by atoms with van der Waals surface area (Å²) in [6.45, 7) is 0. The summed E-state index contributed by atoms with van der Waals surface area (Å²) < 4.78 is 68.4. The van der Waals surface area contributed by atoms with Crippen LogP contribution in [0.2, 0.25) is 0 Å². The van der Waals surface area contributed by atoms with E-state index >= 15 is 0 Å². The van der Waals surface area contributed by atoms with Crippen LogP contribution in [0.1, 0.15) is 2.85 Å². The average Bonchev–Trinajstić information content (AvgIpc) is 2.37. The Morgan fingerprint density at radius 1 is 0.696 bits per heavy atom. The Labute approximate surface area is 181 Å². The van der Waals surface area contributed by atoms with Gasteiger partial charge in [0.1, 0.15) is 21.3 Å². The molecule has 0 aliphatic carbocycles. The van der Waals surface area contributed by atoms with Gasteiger partial charge in [-0.05, 0) is 24.3 Å². The molecule has 2 aromatic rings. The number of para-hydroxylation sites is 2. The number of ether oxygens (including phenoxy) is 1. The zero-order chi connectivity index (χ0) is 15.7. The summed E-state index contributed by atoms with van der Waals surface area (Å²) in [6.07, 6.45) is 0. The molecule has 0 radical (unpaired) electrons. The molecule has 0 spiro atoms. The van der Waals surface area contributed by atoms with Crippen molar-refractivity contribution >= 4 is 20.2 Å². The Bertz CT molecular complexity index is 816. The molecular formula is C12H12Na2O7S2. The van der Waals surface area contributed by atoms with Crippen molar-refractivity contribution in [2.24, 2.45) is 0 Å². The van der Waals surface area contributed by atoms with Crippen molar-refractivity contribution in [3.63, 3.8) is 0 Å². The zero-order valence-electron chi connectivity index (χ0n) is 14.4. The molecule has 2 rings (SSSR count). The van der Waals surface area contributed by atoms with E-state index in [1.165, 1.54) is 36.4 Å². The average molecular weight is 378 g/mol. The third-order valence-electron chi connectivity index (χ3n) is 2.47. The number of benzene rings is 2. The summed E-state index contributed by atoms with van der Waals surface area (Å²) in [5, 5.41) is 0. The second kappa shape index (κ2) is 8.95. The molecule has 0 bridgehead atoms. The van der Waals surface area contributed by atoms with Crippen LogP contribution in [0.4, 0.5) is 0 Å². The van der Waals surface area contributed by atoms with Gasteiger partial charge < -0.3 is 7.59 Å². The quantitative estimate of drug-likeness (QED) is 0.414. The predicted molar refractivity (Wildman–Crippen MR) is 74.8 cm³/mol. The maximum Gasteiger partial charge on any atom is 1.00 e. The Balaban J connectivity index is -0.00000121. The molecule has 116 valence electrons. The van der Waals surface area contributed by atoms with E-state index in [-0.39, 0.29) is 73.5 Å². The molecule has 0 aliphatic heterocycles. The van der Waals surface area contributed by atoms with Gasteiger partial charge in [0.15, 0.2) is 0 Å². The van der Waals surface area contributed by atoms with Gasteiger partial charge in [0.25, 0.3) is 20.2 Å². The summed E-state index contributed by atoms with van der Waals surface area (Å²) in [5.74, 6) is -0.535. The van der Waals surface area contributed by atoms with Crippen molar-refractivity contribution in [3.8, 4) is 11.5 Å². The third-order valence-corrected chi connectivity index (χ3v) is 4.26. The van der Waals surface area contributed by atoms with Crippen LogP contribution < -0.4 is 63.9 Å². The van der Waals surface area contributed by atoms with E-state index in [2.05, 4.69) is 0 Å². The Morgan fingerprint density at radius 3 is 1.30 bits per heavy atom. The van der Waals surface area contributed by atoms with Crippen LogP contribution in [-0.4, -0.2) is 25.9 Å². The largest absolute Gasteiger partial charge is 1.00 e. The molecule has 0 aromatic heterocycles. The molecule has 0 heterocycles. The van der Waals surface area contributed by atoms with Crippen LogP contribution in [0.15, 0.2) is 58.3 Å². The summed E-state index contributed by atoms with van der Waals surface area (Å²) in [7, 11) is -9.08. The second-order valence-corrected chi connectivity index (χ2v) is 6.73. The minimum atomic E-state index is -4.54. The fraction of sp³-hybridized carbons (Fsp3) is 0. The van der Waals surface area contributed by atoms with Crippen molar-refractivity contribution in [2.75, 3.05) is 0 Å². The normalized spacial score (nSPS) is 11.0. The van der Waals surface area contributed by atoms with E-state index < -0.39 is 30.0 Å². The van der Waals surface area contributed by atoms with Gasteiger partial charge >= 0.3 is 59.1 Å². The SMILES string of the molecule is O=S(=O)(O)c1ccccc1Oc1ccccc1S(=O)(=O)O.[H-].[H-].[Na+].[Na+]. The maximum atomic E-state index is 11.2. The second-order valence-electron chi connectivity index (χ2n) is 3.95. The smallest absolute Gasteiger partial charge is 1.00 e. The van der Waals surface area contributed by atoms with E-state index in [0.29, 0.717) is 0 Å². The molecule has 0 amide bonds. The molecule has 2 aromatic carbocycles. The summed E-state index contributed by atoms with van der Waals surface area (Å²) in [5.41, 5.74) is 0. The number of hydrogen-bond donors (Lipinski definition) is 2. The predicted octanol–water partition coefficient (Wildman–Crippen LogP) is -3.79. The molecular weight excluding hydrogens is 366 g/mol. The minimum Gasteiger partial charge on any atom is -1.00 e. The number of hydrogen-bond acceptors (Lipinski definition) is 5. The fourth-order valence-electron chi connectivity index (χ4n) is 1.61. The summed E-state index contributed by atoms with van der Waals surface area (Å²) in [6, 6.07) is 10.3. The van der Waals surface area contributed by atoms with Gasteiger partial charge in [-0.25, -0.2) is 0 Å². The molecule has 0 atom stereocenters. The first-order valence-electron chi connectivity index (χ1n) is 5.50. The molecule has 2 N–H and O–H groups in total. The monoisotopic (exact) mass is 378 g/mol. The molecule has 0 fully saturated rings. The van der Waals surface area contributed by atoms with Gasteiger partial charge in [-0.1, -0.05) is 24.3 Å². The van der Waals surface area contributed by atoms with Gasteiger partial charge in [-0.3, -0.25) is 9.11 Å². The van der Waals surface area contributed by atoms with Crippen molar-refractivity contribution in [1.29, 1.82) is 0 Å². The van der Waals surface area contributed by atoms with E-state index in [4.69, 9.17) is 13.8 Å². The molecule has 0 saturated carbocycles. The number of rotatable bonds is 4. The minimum absolute atomic E-state index is 0. The van der Waals surface area contributed by atoms with Crippen LogP contribution in [0.5, 0.6) is 11.5 Å². The van der Waals surface area contributed by atoms with Gasteiger partial charge in [0.05, 0.1) is 0 Å². The van der Waals surface area contributed by atoms with E-state index in [9.17, 15) is 16.8 Å². The van der Waals surface area contributed by atoms with Crippen molar-refractivity contribution in [2.45, 2.75) is 9.79 Å². The third kappa shape index (κ3) is 6.13. The van der Waals surface area contributed by atoms with Crippen molar-refractivity contribution < 1.29 is 92.6 Å². The molecule has 0 unspecified atom stereocenters. The van der Waals surface area contributed by atoms with Crippen LogP contribution in [0.3, 0.4) is 0 Å². The topological polar surface area (TPSA) is 118 Å². The first-order valence-corrected chi connectivity index (χ1v) is 8.38. The summed E-state index contributed by atoms with van der Waals surface area (Å²) >= 11 is 0. The Hall–Kier alpha value is 0.0600. The van der Waals surface area contributed by atoms with Crippen molar-refractivity contribution in [3.05, 3.63) is 48.5 Å². The van der Waals surface area contributed by atoms with Crippen LogP contribution in [-0.2, 0) is 20.2 Å². The Morgan fingerprint density at radius 2 is 1.00 bits per heavy atom. The van der Waals surface area contributed by atoms with E-state index in [0.717, 1.165) is 12.1 Å². The molecule has 11 heteroatoms. The van der Waals surface area contributed by atoms with Crippen LogP contribution in [0.25, 0.3) is 0 Å². The maximum absolute atomic E-state index is 11.2. The fourth-order valence-corrected chi connectivity index (χ4v) is 2.84. The van der Waals surface area contributed by atoms with Gasteiger partial charge in [-0.2, -0.15) is 16.8 Å². The molecule has 0 saturated heterocycles.